The van der Waals surface area contributed by atoms with E-state index in [1.807, 2.05) is 19.9 Å². The van der Waals surface area contributed by atoms with Gasteiger partial charge in [-0.2, -0.15) is 5.26 Å². The summed E-state index contributed by atoms with van der Waals surface area (Å²) in [5.74, 6) is -0.521. The molecule has 30 heavy (non-hydrogen) atoms. The average molecular weight is 476 g/mol. The minimum atomic E-state index is -0.842. The number of halogens is 1. The third-order valence-electron chi connectivity index (χ3n) is 4.98. The molecule has 0 aromatic heterocycles. The lowest BCUT2D eigenvalue weighted by atomic mass is 9.96. The molecule has 2 aromatic carbocycles. The molecule has 158 valence electrons. The molecule has 0 radical (unpaired) electrons. The SMILES string of the molecule is COc1c([C@@H](O)CC(C)C)ccc2c1C(=O)OCc1c(Br)c(C)c(C#N)c(O)c1O2. The number of rotatable bonds is 4. The van der Waals surface area contributed by atoms with Crippen LogP contribution in [0.25, 0.3) is 0 Å². The Bertz CT molecular complexity index is 1060. The molecule has 0 aliphatic carbocycles. The first kappa shape index (κ1) is 21.9. The van der Waals surface area contributed by atoms with Crippen LogP contribution in [0.4, 0.5) is 0 Å². The van der Waals surface area contributed by atoms with Crippen LogP contribution >= 0.6 is 15.9 Å². The number of cyclic esters (lactones) is 1. The molecule has 0 bridgehead atoms. The molecule has 0 spiro atoms. The van der Waals surface area contributed by atoms with Gasteiger partial charge in [0, 0.05) is 10.0 Å². The van der Waals surface area contributed by atoms with Gasteiger partial charge in [-0.3, -0.25) is 0 Å². The van der Waals surface area contributed by atoms with Crippen LogP contribution in [0.1, 0.15) is 59.0 Å². The Hall–Kier alpha value is -2.76. The molecule has 8 heteroatoms. The van der Waals surface area contributed by atoms with Crippen molar-refractivity contribution in [3.63, 3.8) is 0 Å². The second-order valence-electron chi connectivity index (χ2n) is 7.47. The van der Waals surface area contributed by atoms with E-state index in [1.165, 1.54) is 13.2 Å². The number of aliphatic hydroxyl groups is 1. The van der Waals surface area contributed by atoms with Crippen LogP contribution in [0.3, 0.4) is 0 Å². The Morgan fingerprint density at radius 2 is 2.07 bits per heavy atom. The van der Waals surface area contributed by atoms with E-state index in [1.54, 1.807) is 13.0 Å². The van der Waals surface area contributed by atoms with Crippen LogP contribution in [0, 0.1) is 24.2 Å². The van der Waals surface area contributed by atoms with E-state index in [-0.39, 0.29) is 46.6 Å². The second kappa shape index (κ2) is 8.54. The molecule has 1 aliphatic rings. The summed E-state index contributed by atoms with van der Waals surface area (Å²) in [6.07, 6.45) is -0.363. The Labute approximate surface area is 182 Å². The Morgan fingerprint density at radius 3 is 2.67 bits per heavy atom. The zero-order valence-electron chi connectivity index (χ0n) is 17.1. The zero-order chi connectivity index (χ0) is 22.2. The monoisotopic (exact) mass is 475 g/mol. The molecular formula is C22H22BrNO6. The summed E-state index contributed by atoms with van der Waals surface area (Å²) < 4.78 is 17.3. The summed E-state index contributed by atoms with van der Waals surface area (Å²) >= 11 is 3.40. The van der Waals surface area contributed by atoms with Gasteiger partial charge >= 0.3 is 5.97 Å². The van der Waals surface area contributed by atoms with Crippen LogP contribution in [-0.4, -0.2) is 23.3 Å². The summed E-state index contributed by atoms with van der Waals surface area (Å²) in [5, 5.41) is 30.7. The molecule has 7 nitrogen and oxygen atoms in total. The number of hydrogen-bond donors (Lipinski definition) is 2. The van der Waals surface area contributed by atoms with E-state index in [0.717, 1.165) is 0 Å². The number of hydrogen-bond acceptors (Lipinski definition) is 7. The predicted molar refractivity (Wildman–Crippen MR) is 112 cm³/mol. The molecule has 0 saturated heterocycles. The largest absolute Gasteiger partial charge is 0.503 e. The van der Waals surface area contributed by atoms with Crippen molar-refractivity contribution in [1.29, 1.82) is 5.26 Å². The van der Waals surface area contributed by atoms with E-state index in [4.69, 9.17) is 14.2 Å². The van der Waals surface area contributed by atoms with Crippen molar-refractivity contribution in [3.8, 4) is 29.1 Å². The number of fused-ring (bicyclic) bond motifs is 2. The van der Waals surface area contributed by atoms with Crippen LogP contribution in [0.2, 0.25) is 0 Å². The highest BCUT2D eigenvalue weighted by Gasteiger charge is 2.32. The Kier molecular flexibility index (Phi) is 6.25. The van der Waals surface area contributed by atoms with Crippen molar-refractivity contribution in [2.45, 2.75) is 39.9 Å². The Morgan fingerprint density at radius 1 is 1.37 bits per heavy atom. The van der Waals surface area contributed by atoms with E-state index in [2.05, 4.69) is 15.9 Å². The average Bonchev–Trinajstić information content (AvgIpc) is 2.69. The van der Waals surface area contributed by atoms with Gasteiger partial charge in [0.2, 0.25) is 0 Å². The number of aromatic hydroxyl groups is 1. The fraction of sp³-hybridized carbons (Fsp3) is 0.364. The first-order valence-electron chi connectivity index (χ1n) is 9.39. The van der Waals surface area contributed by atoms with Crippen LogP contribution in [-0.2, 0) is 11.3 Å². The molecular weight excluding hydrogens is 454 g/mol. The number of carbonyl (C=O) groups is 1. The van der Waals surface area contributed by atoms with Crippen molar-refractivity contribution < 1.29 is 29.2 Å². The van der Waals surface area contributed by atoms with Gasteiger partial charge in [0.1, 0.15) is 35.3 Å². The lowest BCUT2D eigenvalue weighted by Crippen LogP contribution is -2.15. The highest BCUT2D eigenvalue weighted by Crippen LogP contribution is 2.47. The minimum Gasteiger partial charge on any atom is -0.503 e. The second-order valence-corrected chi connectivity index (χ2v) is 8.26. The molecule has 1 atom stereocenters. The summed E-state index contributed by atoms with van der Waals surface area (Å²) in [6, 6.07) is 5.10. The normalized spacial score (nSPS) is 13.9. The highest BCUT2D eigenvalue weighted by atomic mass is 79.9. The smallest absolute Gasteiger partial charge is 0.346 e. The van der Waals surface area contributed by atoms with E-state index < -0.39 is 12.1 Å². The number of phenols is 1. The first-order chi connectivity index (χ1) is 14.2. The van der Waals surface area contributed by atoms with Crippen molar-refractivity contribution in [1.82, 2.24) is 0 Å². The lowest BCUT2D eigenvalue weighted by Gasteiger charge is -2.24. The number of nitriles is 1. The summed E-state index contributed by atoms with van der Waals surface area (Å²) in [6.45, 7) is 5.44. The molecule has 3 rings (SSSR count). The molecule has 2 aromatic rings. The number of carbonyl (C=O) groups excluding carboxylic acids is 1. The maximum Gasteiger partial charge on any atom is 0.346 e. The van der Waals surface area contributed by atoms with Gasteiger partial charge in [-0.1, -0.05) is 13.8 Å². The van der Waals surface area contributed by atoms with Gasteiger partial charge in [0.15, 0.2) is 11.5 Å². The van der Waals surface area contributed by atoms with Gasteiger partial charge in [0.25, 0.3) is 0 Å². The maximum atomic E-state index is 12.9. The quantitative estimate of drug-likeness (QED) is 0.605. The lowest BCUT2D eigenvalue weighted by molar-refractivity contribution is 0.0453. The number of benzene rings is 2. The van der Waals surface area contributed by atoms with Crippen molar-refractivity contribution >= 4 is 21.9 Å². The van der Waals surface area contributed by atoms with Crippen molar-refractivity contribution in [2.24, 2.45) is 5.92 Å². The van der Waals surface area contributed by atoms with Gasteiger partial charge in [-0.05, 0) is 52.9 Å². The fourth-order valence-corrected chi connectivity index (χ4v) is 3.97. The number of phenolic OH excluding ortho intramolecular Hbond substituents is 1. The predicted octanol–water partition coefficient (Wildman–Crippen LogP) is 4.89. The summed E-state index contributed by atoms with van der Waals surface area (Å²) in [7, 11) is 1.40. The third-order valence-corrected chi connectivity index (χ3v) is 6.05. The maximum absolute atomic E-state index is 12.9. The van der Waals surface area contributed by atoms with Crippen LogP contribution in [0.15, 0.2) is 16.6 Å². The highest BCUT2D eigenvalue weighted by molar-refractivity contribution is 9.10. The molecule has 0 amide bonds. The molecule has 0 fully saturated rings. The molecule has 0 unspecified atom stereocenters. The van der Waals surface area contributed by atoms with Crippen molar-refractivity contribution in [2.75, 3.05) is 7.11 Å². The molecule has 1 aliphatic heterocycles. The van der Waals surface area contributed by atoms with Gasteiger partial charge in [0.05, 0.1) is 18.8 Å². The zero-order valence-corrected chi connectivity index (χ0v) is 18.7. The fourth-order valence-electron chi connectivity index (χ4n) is 3.48. The topological polar surface area (TPSA) is 109 Å². The number of ether oxygens (including phenoxy) is 3. The van der Waals surface area contributed by atoms with Gasteiger partial charge in [-0.15, -0.1) is 0 Å². The van der Waals surface area contributed by atoms with E-state index >= 15 is 0 Å². The number of nitrogens with zero attached hydrogens (tertiary/aromatic N) is 1. The minimum absolute atomic E-state index is 0.0121. The molecule has 0 saturated carbocycles. The van der Waals surface area contributed by atoms with Gasteiger partial charge < -0.3 is 24.4 Å². The molecule has 2 N–H and O–H groups in total. The van der Waals surface area contributed by atoms with E-state index in [9.17, 15) is 20.3 Å². The Balaban J connectivity index is 2.22. The van der Waals surface area contributed by atoms with Crippen LogP contribution in [0.5, 0.6) is 23.0 Å². The number of esters is 1. The number of aliphatic hydroxyl groups excluding tert-OH is 1. The van der Waals surface area contributed by atoms with Crippen molar-refractivity contribution in [3.05, 3.63) is 44.4 Å². The third kappa shape index (κ3) is 3.71. The van der Waals surface area contributed by atoms with Gasteiger partial charge in [-0.25, -0.2) is 4.79 Å². The standard InChI is InChI=1S/C22H22BrNO6/c1-10(2)7-15(25)12-5-6-16-17(20(12)28-4)22(27)29-9-14-18(23)11(3)13(8-24)19(26)21(14)30-16/h5-6,10,15,25-26H,7,9H2,1-4H3/t15-/m0/s1. The number of methoxy groups -OCH3 is 1. The molecule has 1 heterocycles. The first-order valence-corrected chi connectivity index (χ1v) is 10.2. The van der Waals surface area contributed by atoms with E-state index in [0.29, 0.717) is 27.6 Å². The summed E-state index contributed by atoms with van der Waals surface area (Å²) in [4.78, 5) is 12.9. The van der Waals surface area contributed by atoms with Crippen LogP contribution < -0.4 is 9.47 Å². The summed E-state index contributed by atoms with van der Waals surface area (Å²) in [5.41, 5.74) is 1.44.